The predicted molar refractivity (Wildman–Crippen MR) is 40.9 cm³/mol. The summed E-state index contributed by atoms with van der Waals surface area (Å²) < 4.78 is 4.94. The van der Waals surface area contributed by atoms with Gasteiger partial charge in [0.1, 0.15) is 6.29 Å². The summed E-state index contributed by atoms with van der Waals surface area (Å²) in [4.78, 5) is 10.2. The zero-order valence-corrected chi connectivity index (χ0v) is 7.13. The monoisotopic (exact) mass is 155 g/mol. The highest BCUT2D eigenvalue weighted by Crippen LogP contribution is 2.17. The number of ether oxygens (including phenoxy) is 1. The molecule has 0 fully saturated rings. The molecule has 0 amide bonds. The number of hydrogen-bond acceptors (Lipinski definition) is 3. The first-order valence-electron chi connectivity index (χ1n) is 3.49. The third kappa shape index (κ3) is 3.15. The summed E-state index contributed by atoms with van der Waals surface area (Å²) in [7, 11) is 1.47. The quantitative estimate of drug-likeness (QED) is 0.572. The molecule has 62 valence electrons. The van der Waals surface area contributed by atoms with E-state index in [1.807, 2.05) is 6.07 Å². The van der Waals surface area contributed by atoms with E-state index in [1.165, 1.54) is 7.11 Å². The van der Waals surface area contributed by atoms with Crippen LogP contribution in [-0.4, -0.2) is 19.0 Å². The standard InChI is InChI=1S/C8H13NO2/c1-7(5-10)4-8(2,6-9)11-3/h5,7H,4H2,1-3H3. The van der Waals surface area contributed by atoms with Gasteiger partial charge >= 0.3 is 0 Å². The van der Waals surface area contributed by atoms with E-state index < -0.39 is 5.60 Å². The van der Waals surface area contributed by atoms with Gasteiger partial charge in [0.2, 0.25) is 0 Å². The molecule has 0 rings (SSSR count). The van der Waals surface area contributed by atoms with E-state index in [4.69, 9.17) is 10.00 Å². The fourth-order valence-electron chi connectivity index (χ4n) is 0.837. The Bertz CT molecular complexity index is 173. The van der Waals surface area contributed by atoms with Crippen LogP contribution in [0.2, 0.25) is 0 Å². The fraction of sp³-hybridized carbons (Fsp3) is 0.750. The van der Waals surface area contributed by atoms with Gasteiger partial charge in [-0.25, -0.2) is 0 Å². The predicted octanol–water partition coefficient (Wildman–Crippen LogP) is 1.14. The lowest BCUT2D eigenvalue weighted by molar-refractivity contribution is -0.112. The van der Waals surface area contributed by atoms with E-state index >= 15 is 0 Å². The van der Waals surface area contributed by atoms with Gasteiger partial charge in [0, 0.05) is 13.0 Å². The van der Waals surface area contributed by atoms with Crippen LogP contribution in [0.3, 0.4) is 0 Å². The molecule has 0 heterocycles. The lowest BCUT2D eigenvalue weighted by Crippen LogP contribution is -2.27. The lowest BCUT2D eigenvalue weighted by Gasteiger charge is -2.20. The van der Waals surface area contributed by atoms with Gasteiger partial charge in [0.25, 0.3) is 0 Å². The van der Waals surface area contributed by atoms with Crippen LogP contribution in [0.1, 0.15) is 20.3 Å². The first-order chi connectivity index (χ1) is 5.08. The van der Waals surface area contributed by atoms with E-state index in [9.17, 15) is 4.79 Å². The van der Waals surface area contributed by atoms with Gasteiger partial charge in [-0.1, -0.05) is 6.92 Å². The third-order valence-electron chi connectivity index (χ3n) is 1.63. The van der Waals surface area contributed by atoms with E-state index in [2.05, 4.69) is 0 Å². The molecule has 0 aromatic rings. The molecule has 0 spiro atoms. The number of nitrogens with zero attached hydrogens (tertiary/aromatic N) is 1. The number of carbonyl (C=O) groups is 1. The van der Waals surface area contributed by atoms with Crippen molar-refractivity contribution in [3.05, 3.63) is 0 Å². The molecular formula is C8H13NO2. The van der Waals surface area contributed by atoms with Crippen molar-refractivity contribution in [1.82, 2.24) is 0 Å². The molecular weight excluding hydrogens is 142 g/mol. The number of rotatable bonds is 4. The largest absolute Gasteiger partial charge is 0.364 e. The Hall–Kier alpha value is -0.880. The SMILES string of the molecule is COC(C)(C#N)CC(C)C=O. The molecule has 0 aliphatic rings. The summed E-state index contributed by atoms with van der Waals surface area (Å²) in [6.07, 6.45) is 1.28. The number of nitriles is 1. The number of methoxy groups -OCH3 is 1. The first-order valence-corrected chi connectivity index (χ1v) is 3.49. The Labute approximate surface area is 67.0 Å². The van der Waals surface area contributed by atoms with Crippen molar-refractivity contribution in [1.29, 1.82) is 5.26 Å². The Morgan fingerprint density at radius 2 is 2.36 bits per heavy atom. The molecule has 2 atom stereocenters. The van der Waals surface area contributed by atoms with Crippen molar-refractivity contribution in [3.63, 3.8) is 0 Å². The van der Waals surface area contributed by atoms with Crippen LogP contribution in [0.15, 0.2) is 0 Å². The van der Waals surface area contributed by atoms with E-state index in [1.54, 1.807) is 13.8 Å². The summed E-state index contributed by atoms with van der Waals surface area (Å²) in [5.74, 6) is -0.125. The number of aldehydes is 1. The minimum Gasteiger partial charge on any atom is -0.364 e. The zero-order valence-electron chi connectivity index (χ0n) is 7.13. The molecule has 0 saturated carbocycles. The zero-order chi connectivity index (χ0) is 8.91. The van der Waals surface area contributed by atoms with Gasteiger partial charge < -0.3 is 9.53 Å². The number of carbonyl (C=O) groups excluding carboxylic acids is 1. The van der Waals surface area contributed by atoms with E-state index in [-0.39, 0.29) is 5.92 Å². The molecule has 0 aromatic carbocycles. The Balaban J connectivity index is 4.10. The average molecular weight is 155 g/mol. The Morgan fingerprint density at radius 3 is 2.64 bits per heavy atom. The topological polar surface area (TPSA) is 50.1 Å². The molecule has 3 heteroatoms. The molecule has 11 heavy (non-hydrogen) atoms. The number of hydrogen-bond donors (Lipinski definition) is 0. The van der Waals surface area contributed by atoms with Gasteiger partial charge in [0.05, 0.1) is 6.07 Å². The maximum atomic E-state index is 10.2. The van der Waals surface area contributed by atoms with Crippen LogP contribution >= 0.6 is 0 Å². The van der Waals surface area contributed by atoms with Crippen LogP contribution in [0.4, 0.5) is 0 Å². The molecule has 0 aliphatic heterocycles. The van der Waals surface area contributed by atoms with Gasteiger partial charge in [-0.2, -0.15) is 5.26 Å². The second kappa shape index (κ2) is 4.09. The summed E-state index contributed by atoms with van der Waals surface area (Å²) in [6.45, 7) is 3.44. The molecule has 0 radical (unpaired) electrons. The van der Waals surface area contributed by atoms with Gasteiger partial charge in [-0.05, 0) is 13.3 Å². The van der Waals surface area contributed by atoms with Crippen molar-refractivity contribution in [3.8, 4) is 6.07 Å². The van der Waals surface area contributed by atoms with Crippen LogP contribution in [-0.2, 0) is 9.53 Å². The Kier molecular flexibility index (Phi) is 3.77. The molecule has 0 bridgehead atoms. The normalized spacial score (nSPS) is 18.0. The smallest absolute Gasteiger partial charge is 0.151 e. The maximum Gasteiger partial charge on any atom is 0.151 e. The first kappa shape index (κ1) is 10.1. The van der Waals surface area contributed by atoms with Crippen LogP contribution in [0.25, 0.3) is 0 Å². The second-order valence-electron chi connectivity index (χ2n) is 2.86. The summed E-state index contributed by atoms with van der Waals surface area (Å²) in [5.41, 5.74) is -0.819. The van der Waals surface area contributed by atoms with Crippen LogP contribution in [0, 0.1) is 17.2 Å². The fourth-order valence-corrected chi connectivity index (χ4v) is 0.837. The minimum atomic E-state index is -0.819. The third-order valence-corrected chi connectivity index (χ3v) is 1.63. The maximum absolute atomic E-state index is 10.2. The van der Waals surface area contributed by atoms with Crippen molar-refractivity contribution in [2.75, 3.05) is 7.11 Å². The van der Waals surface area contributed by atoms with Crippen LogP contribution < -0.4 is 0 Å². The average Bonchev–Trinajstić information content (AvgIpc) is 2.04. The summed E-state index contributed by atoms with van der Waals surface area (Å²) in [5, 5.41) is 8.64. The van der Waals surface area contributed by atoms with Gasteiger partial charge in [-0.3, -0.25) is 0 Å². The Morgan fingerprint density at radius 1 is 1.82 bits per heavy atom. The van der Waals surface area contributed by atoms with E-state index in [0.717, 1.165) is 6.29 Å². The molecule has 2 unspecified atom stereocenters. The van der Waals surface area contributed by atoms with Crippen LogP contribution in [0.5, 0.6) is 0 Å². The molecule has 0 aliphatic carbocycles. The summed E-state index contributed by atoms with van der Waals surface area (Å²) >= 11 is 0. The summed E-state index contributed by atoms with van der Waals surface area (Å²) in [6, 6.07) is 2.01. The van der Waals surface area contributed by atoms with E-state index in [0.29, 0.717) is 6.42 Å². The molecule has 3 nitrogen and oxygen atoms in total. The van der Waals surface area contributed by atoms with Gasteiger partial charge in [0.15, 0.2) is 5.60 Å². The van der Waals surface area contributed by atoms with Gasteiger partial charge in [-0.15, -0.1) is 0 Å². The highest BCUT2D eigenvalue weighted by Gasteiger charge is 2.25. The van der Waals surface area contributed by atoms with Crippen molar-refractivity contribution in [2.24, 2.45) is 5.92 Å². The lowest BCUT2D eigenvalue weighted by atomic mass is 9.95. The second-order valence-corrected chi connectivity index (χ2v) is 2.86. The van der Waals surface area contributed by atoms with Crippen molar-refractivity contribution < 1.29 is 9.53 Å². The molecule has 0 saturated heterocycles. The highest BCUT2D eigenvalue weighted by molar-refractivity contribution is 5.53. The van der Waals surface area contributed by atoms with Crippen molar-refractivity contribution in [2.45, 2.75) is 25.9 Å². The molecule has 0 N–H and O–H groups in total. The molecule has 0 aromatic heterocycles. The highest BCUT2D eigenvalue weighted by atomic mass is 16.5. The van der Waals surface area contributed by atoms with Crippen molar-refractivity contribution >= 4 is 6.29 Å². The minimum absolute atomic E-state index is 0.125.